The Hall–Kier alpha value is -0.610. The van der Waals surface area contributed by atoms with Gasteiger partial charge in [-0.3, -0.25) is 9.69 Å². The van der Waals surface area contributed by atoms with E-state index in [-0.39, 0.29) is 17.9 Å². The van der Waals surface area contributed by atoms with Crippen LogP contribution in [0, 0.1) is 5.92 Å². The van der Waals surface area contributed by atoms with E-state index in [1.54, 1.807) is 0 Å². The Morgan fingerprint density at radius 3 is 2.33 bits per heavy atom. The van der Waals surface area contributed by atoms with E-state index >= 15 is 0 Å². The fourth-order valence-electron chi connectivity index (χ4n) is 3.87. The summed E-state index contributed by atoms with van der Waals surface area (Å²) in [6, 6.07) is 0.685. The van der Waals surface area contributed by atoms with Crippen molar-refractivity contribution in [1.29, 1.82) is 0 Å². The maximum atomic E-state index is 12.1. The number of piperidine rings is 1. The molecule has 4 heteroatoms. The number of aliphatic hydroxyl groups is 1. The standard InChI is InChI=1S/C17H32N2O2/c1-3-13(4-2)17(21)18-14-9-11-19(12-10-14)15-7-5-6-8-16(15)20/h13-16,20H,3-12H2,1-2H3,(H,18,21). The Labute approximate surface area is 129 Å². The average molecular weight is 296 g/mol. The van der Waals surface area contributed by atoms with Crippen molar-refractivity contribution in [1.82, 2.24) is 10.2 Å². The maximum absolute atomic E-state index is 12.1. The van der Waals surface area contributed by atoms with Gasteiger partial charge in [-0.25, -0.2) is 0 Å². The highest BCUT2D eigenvalue weighted by Gasteiger charge is 2.32. The molecule has 21 heavy (non-hydrogen) atoms. The van der Waals surface area contributed by atoms with Gasteiger partial charge in [-0.15, -0.1) is 0 Å². The average Bonchev–Trinajstić information content (AvgIpc) is 2.50. The van der Waals surface area contributed by atoms with E-state index in [0.717, 1.165) is 51.6 Å². The minimum atomic E-state index is -0.144. The molecule has 1 aliphatic heterocycles. The van der Waals surface area contributed by atoms with Gasteiger partial charge in [-0.2, -0.15) is 0 Å². The van der Waals surface area contributed by atoms with Crippen molar-refractivity contribution in [2.75, 3.05) is 13.1 Å². The Balaban J connectivity index is 1.76. The van der Waals surface area contributed by atoms with Crippen molar-refractivity contribution in [3.05, 3.63) is 0 Å². The second-order valence-electron chi connectivity index (χ2n) is 6.75. The number of hydrogen-bond donors (Lipinski definition) is 2. The van der Waals surface area contributed by atoms with E-state index in [1.807, 2.05) is 0 Å². The van der Waals surface area contributed by atoms with Crippen LogP contribution in [-0.2, 0) is 4.79 Å². The van der Waals surface area contributed by atoms with Crippen molar-refractivity contribution < 1.29 is 9.90 Å². The molecule has 2 fully saturated rings. The SMILES string of the molecule is CCC(CC)C(=O)NC1CCN(C2CCCCC2O)CC1. The van der Waals surface area contributed by atoms with Gasteiger partial charge in [0.05, 0.1) is 6.10 Å². The summed E-state index contributed by atoms with van der Waals surface area (Å²) in [6.07, 6.45) is 8.25. The highest BCUT2D eigenvalue weighted by molar-refractivity contribution is 5.78. The van der Waals surface area contributed by atoms with Crippen LogP contribution < -0.4 is 5.32 Å². The Morgan fingerprint density at radius 2 is 1.76 bits per heavy atom. The van der Waals surface area contributed by atoms with Crippen molar-refractivity contribution in [3.8, 4) is 0 Å². The van der Waals surface area contributed by atoms with Crippen molar-refractivity contribution in [2.24, 2.45) is 5.92 Å². The lowest BCUT2D eigenvalue weighted by Gasteiger charge is -2.41. The van der Waals surface area contributed by atoms with E-state index in [4.69, 9.17) is 0 Å². The van der Waals surface area contributed by atoms with Gasteiger partial charge in [0.2, 0.25) is 5.91 Å². The van der Waals surface area contributed by atoms with Crippen LogP contribution in [0.25, 0.3) is 0 Å². The van der Waals surface area contributed by atoms with Gasteiger partial charge in [0.15, 0.2) is 0 Å². The zero-order valence-corrected chi connectivity index (χ0v) is 13.7. The smallest absolute Gasteiger partial charge is 0.223 e. The van der Waals surface area contributed by atoms with Crippen LogP contribution in [0.1, 0.15) is 65.2 Å². The predicted octanol–water partition coefficient (Wildman–Crippen LogP) is 2.31. The van der Waals surface area contributed by atoms with Crippen LogP contribution >= 0.6 is 0 Å². The molecule has 0 bridgehead atoms. The quantitative estimate of drug-likeness (QED) is 0.818. The fourth-order valence-corrected chi connectivity index (χ4v) is 3.87. The van der Waals surface area contributed by atoms with Gasteiger partial charge in [0, 0.05) is 31.1 Å². The monoisotopic (exact) mass is 296 g/mol. The number of aliphatic hydroxyl groups excluding tert-OH is 1. The fraction of sp³-hybridized carbons (Fsp3) is 0.941. The van der Waals surface area contributed by atoms with Crippen molar-refractivity contribution >= 4 is 5.91 Å². The molecule has 2 atom stereocenters. The summed E-state index contributed by atoms with van der Waals surface area (Å²) in [5.41, 5.74) is 0. The summed E-state index contributed by atoms with van der Waals surface area (Å²) in [7, 11) is 0. The molecule has 1 heterocycles. The first-order valence-corrected chi connectivity index (χ1v) is 8.88. The molecule has 0 aromatic heterocycles. The molecule has 0 spiro atoms. The van der Waals surface area contributed by atoms with Gasteiger partial charge in [0.1, 0.15) is 0 Å². The molecule has 1 aliphatic carbocycles. The lowest BCUT2D eigenvalue weighted by Crippen LogP contribution is -2.52. The zero-order valence-electron chi connectivity index (χ0n) is 13.7. The molecule has 1 amide bonds. The van der Waals surface area contributed by atoms with E-state index in [9.17, 15) is 9.90 Å². The largest absolute Gasteiger partial charge is 0.391 e. The molecule has 2 aliphatic rings. The number of nitrogens with one attached hydrogen (secondary N) is 1. The van der Waals surface area contributed by atoms with Gasteiger partial charge >= 0.3 is 0 Å². The molecule has 122 valence electrons. The highest BCUT2D eigenvalue weighted by Crippen LogP contribution is 2.26. The lowest BCUT2D eigenvalue weighted by atomic mass is 9.89. The third-order valence-corrected chi connectivity index (χ3v) is 5.40. The third kappa shape index (κ3) is 4.43. The molecule has 2 rings (SSSR count). The van der Waals surface area contributed by atoms with Gasteiger partial charge < -0.3 is 10.4 Å². The molecule has 0 aromatic rings. The summed E-state index contributed by atoms with van der Waals surface area (Å²) >= 11 is 0. The van der Waals surface area contributed by atoms with Gasteiger partial charge in [-0.05, 0) is 38.5 Å². The molecule has 0 radical (unpaired) electrons. The first kappa shape index (κ1) is 16.8. The number of nitrogens with zero attached hydrogens (tertiary/aromatic N) is 1. The van der Waals surface area contributed by atoms with Gasteiger partial charge in [-0.1, -0.05) is 26.7 Å². The molecular formula is C17H32N2O2. The predicted molar refractivity (Wildman–Crippen MR) is 85.1 cm³/mol. The summed E-state index contributed by atoms with van der Waals surface area (Å²) in [5, 5.41) is 13.4. The van der Waals surface area contributed by atoms with Crippen LogP contribution in [-0.4, -0.2) is 47.2 Å². The molecule has 1 saturated carbocycles. The topological polar surface area (TPSA) is 52.6 Å². The summed E-state index contributed by atoms with van der Waals surface area (Å²) in [6.45, 7) is 6.19. The van der Waals surface area contributed by atoms with Crippen LogP contribution in [0.5, 0.6) is 0 Å². The summed E-state index contributed by atoms with van der Waals surface area (Å²) in [4.78, 5) is 14.6. The van der Waals surface area contributed by atoms with E-state index in [2.05, 4.69) is 24.1 Å². The van der Waals surface area contributed by atoms with E-state index < -0.39 is 0 Å². The Kier molecular flexibility index (Phi) is 6.49. The number of carbonyl (C=O) groups excluding carboxylic acids is 1. The minimum absolute atomic E-state index is 0.144. The van der Waals surface area contributed by atoms with E-state index in [1.165, 1.54) is 12.8 Å². The summed E-state index contributed by atoms with van der Waals surface area (Å²) in [5.74, 6) is 0.402. The zero-order chi connectivity index (χ0) is 15.2. The first-order chi connectivity index (χ1) is 10.2. The number of carbonyl (C=O) groups is 1. The number of hydrogen-bond acceptors (Lipinski definition) is 3. The normalized spacial score (nSPS) is 28.8. The molecule has 4 nitrogen and oxygen atoms in total. The van der Waals surface area contributed by atoms with Crippen LogP contribution in [0.4, 0.5) is 0 Å². The van der Waals surface area contributed by atoms with Crippen LogP contribution in [0.15, 0.2) is 0 Å². The summed E-state index contributed by atoms with van der Waals surface area (Å²) < 4.78 is 0. The van der Waals surface area contributed by atoms with Gasteiger partial charge in [0.25, 0.3) is 0 Å². The number of amides is 1. The molecule has 0 aromatic carbocycles. The van der Waals surface area contributed by atoms with Crippen LogP contribution in [0.3, 0.4) is 0 Å². The van der Waals surface area contributed by atoms with Crippen molar-refractivity contribution in [3.63, 3.8) is 0 Å². The number of rotatable bonds is 5. The molecule has 1 saturated heterocycles. The highest BCUT2D eigenvalue weighted by atomic mass is 16.3. The minimum Gasteiger partial charge on any atom is -0.391 e. The molecule has 2 N–H and O–H groups in total. The maximum Gasteiger partial charge on any atom is 0.223 e. The van der Waals surface area contributed by atoms with Crippen LogP contribution in [0.2, 0.25) is 0 Å². The molecular weight excluding hydrogens is 264 g/mol. The second kappa shape index (κ2) is 8.14. The molecule has 2 unspecified atom stereocenters. The lowest BCUT2D eigenvalue weighted by molar-refractivity contribution is -0.126. The van der Waals surface area contributed by atoms with Crippen molar-refractivity contribution in [2.45, 2.75) is 83.4 Å². The third-order valence-electron chi connectivity index (χ3n) is 5.40. The number of likely N-dealkylation sites (tertiary alicyclic amines) is 1. The first-order valence-electron chi connectivity index (χ1n) is 8.88. The Bertz CT molecular complexity index is 323. The van der Waals surface area contributed by atoms with E-state index in [0.29, 0.717) is 12.1 Å². The second-order valence-corrected chi connectivity index (χ2v) is 6.75. The Morgan fingerprint density at radius 1 is 1.14 bits per heavy atom.